The summed E-state index contributed by atoms with van der Waals surface area (Å²) >= 11 is 5.90. The number of aliphatic hydroxyl groups is 1. The second-order valence-corrected chi connectivity index (χ2v) is 4.01. The number of aromatic hydroxyl groups is 1. The maximum Gasteiger partial charge on any atom is 0.122 e. The number of halogens is 1. The third-order valence-electron chi connectivity index (χ3n) is 2.57. The summed E-state index contributed by atoms with van der Waals surface area (Å²) in [5.74, 6) is 0.141. The number of rotatable bonds is 1. The van der Waals surface area contributed by atoms with Gasteiger partial charge >= 0.3 is 0 Å². The van der Waals surface area contributed by atoms with Gasteiger partial charge in [-0.05, 0) is 37.5 Å². The lowest BCUT2D eigenvalue weighted by molar-refractivity contribution is 0.147. The van der Waals surface area contributed by atoms with Crippen LogP contribution in [0, 0.1) is 6.92 Å². The molecule has 0 atom stereocenters. The number of hydrogen-bond donors (Lipinski definition) is 2. The predicted molar refractivity (Wildman–Crippen MR) is 51.0 cm³/mol. The van der Waals surface area contributed by atoms with E-state index in [-0.39, 0.29) is 5.75 Å². The van der Waals surface area contributed by atoms with E-state index in [1.54, 1.807) is 6.07 Å². The summed E-state index contributed by atoms with van der Waals surface area (Å²) in [6.45, 7) is 1.81. The molecule has 0 heterocycles. The van der Waals surface area contributed by atoms with Gasteiger partial charge in [0.1, 0.15) is 5.75 Å². The topological polar surface area (TPSA) is 40.5 Å². The summed E-state index contributed by atoms with van der Waals surface area (Å²) in [5, 5.41) is 20.0. The van der Waals surface area contributed by atoms with E-state index >= 15 is 0 Å². The summed E-state index contributed by atoms with van der Waals surface area (Å²) in [7, 11) is 0. The molecule has 2 rings (SSSR count). The quantitative estimate of drug-likeness (QED) is 0.727. The number of benzene rings is 1. The number of hydrogen-bond acceptors (Lipinski definition) is 2. The van der Waals surface area contributed by atoms with Gasteiger partial charge < -0.3 is 10.2 Å². The minimum absolute atomic E-state index is 0.141. The highest BCUT2D eigenvalue weighted by Gasteiger charge is 2.45. The molecule has 2 nitrogen and oxygen atoms in total. The Labute approximate surface area is 81.8 Å². The molecule has 0 amide bonds. The van der Waals surface area contributed by atoms with E-state index in [0.29, 0.717) is 23.4 Å². The number of phenols is 1. The fraction of sp³-hybridized carbons (Fsp3) is 0.400. The van der Waals surface area contributed by atoms with Crippen LogP contribution in [0.25, 0.3) is 0 Å². The molecule has 0 aromatic heterocycles. The Morgan fingerprint density at radius 1 is 1.38 bits per heavy atom. The third-order valence-corrected chi connectivity index (χ3v) is 2.98. The van der Waals surface area contributed by atoms with Crippen molar-refractivity contribution in [3.63, 3.8) is 0 Å². The molecular weight excluding hydrogens is 188 g/mol. The lowest BCUT2D eigenvalue weighted by atomic mass is 10.0. The molecule has 0 bridgehead atoms. The largest absolute Gasteiger partial charge is 0.508 e. The summed E-state index contributed by atoms with van der Waals surface area (Å²) < 4.78 is 0. The van der Waals surface area contributed by atoms with Crippen LogP contribution in [0.15, 0.2) is 12.1 Å². The summed E-state index contributed by atoms with van der Waals surface area (Å²) in [5.41, 5.74) is 0.556. The van der Waals surface area contributed by atoms with Crippen LogP contribution >= 0.6 is 11.6 Å². The second kappa shape index (κ2) is 2.63. The van der Waals surface area contributed by atoms with E-state index in [0.717, 1.165) is 5.56 Å². The Morgan fingerprint density at radius 3 is 2.54 bits per heavy atom. The minimum Gasteiger partial charge on any atom is -0.508 e. The highest BCUT2D eigenvalue weighted by atomic mass is 35.5. The van der Waals surface area contributed by atoms with E-state index in [9.17, 15) is 10.2 Å². The van der Waals surface area contributed by atoms with Crippen LogP contribution in [0.2, 0.25) is 5.02 Å². The maximum absolute atomic E-state index is 9.87. The lowest BCUT2D eigenvalue weighted by Gasteiger charge is -2.14. The molecular formula is C10H11ClO2. The fourth-order valence-electron chi connectivity index (χ4n) is 1.63. The Hall–Kier alpha value is -0.730. The summed E-state index contributed by atoms with van der Waals surface area (Å²) in [4.78, 5) is 0. The zero-order chi connectivity index (χ0) is 9.64. The van der Waals surface area contributed by atoms with E-state index in [2.05, 4.69) is 0 Å². The van der Waals surface area contributed by atoms with Gasteiger partial charge in [0.25, 0.3) is 0 Å². The average molecular weight is 199 g/mol. The smallest absolute Gasteiger partial charge is 0.122 e. The molecule has 0 unspecified atom stereocenters. The van der Waals surface area contributed by atoms with Gasteiger partial charge in [0.05, 0.1) is 5.60 Å². The lowest BCUT2D eigenvalue weighted by Crippen LogP contribution is -2.07. The van der Waals surface area contributed by atoms with Gasteiger partial charge in [-0.1, -0.05) is 11.6 Å². The summed E-state index contributed by atoms with van der Waals surface area (Å²) in [6, 6.07) is 3.17. The summed E-state index contributed by atoms with van der Waals surface area (Å²) in [6.07, 6.45) is 1.42. The first kappa shape index (κ1) is 8.85. The molecule has 3 heteroatoms. The monoisotopic (exact) mass is 198 g/mol. The first-order valence-electron chi connectivity index (χ1n) is 4.25. The van der Waals surface area contributed by atoms with E-state index in [1.807, 2.05) is 6.92 Å². The molecule has 1 saturated carbocycles. The molecule has 70 valence electrons. The van der Waals surface area contributed by atoms with Gasteiger partial charge in [-0.15, -0.1) is 0 Å². The van der Waals surface area contributed by atoms with Crippen molar-refractivity contribution in [2.45, 2.75) is 25.4 Å². The highest BCUT2D eigenvalue weighted by Crippen LogP contribution is 2.50. The molecule has 0 saturated heterocycles. The fourth-order valence-corrected chi connectivity index (χ4v) is 1.79. The van der Waals surface area contributed by atoms with Gasteiger partial charge in [-0.2, -0.15) is 0 Å². The van der Waals surface area contributed by atoms with Crippen LogP contribution in [0.4, 0.5) is 0 Å². The van der Waals surface area contributed by atoms with Crippen LogP contribution in [0.3, 0.4) is 0 Å². The number of phenolic OH excluding ortho intramolecular Hbond substituents is 1. The molecule has 0 spiro atoms. The Balaban J connectivity index is 2.61. The molecule has 1 aliphatic carbocycles. The Bertz CT molecular complexity index is 356. The zero-order valence-corrected chi connectivity index (χ0v) is 8.10. The van der Waals surface area contributed by atoms with Crippen LogP contribution in [0.1, 0.15) is 24.0 Å². The molecule has 1 fully saturated rings. The van der Waals surface area contributed by atoms with E-state index < -0.39 is 5.60 Å². The van der Waals surface area contributed by atoms with Crippen molar-refractivity contribution < 1.29 is 10.2 Å². The molecule has 2 N–H and O–H groups in total. The zero-order valence-electron chi connectivity index (χ0n) is 7.34. The SMILES string of the molecule is Cc1c(Cl)ccc(O)c1C1(O)CC1. The van der Waals surface area contributed by atoms with E-state index in [4.69, 9.17) is 11.6 Å². The molecule has 13 heavy (non-hydrogen) atoms. The van der Waals surface area contributed by atoms with Crippen LogP contribution in [-0.2, 0) is 5.60 Å². The Kier molecular flexibility index (Phi) is 1.79. The highest BCUT2D eigenvalue weighted by molar-refractivity contribution is 6.31. The van der Waals surface area contributed by atoms with Gasteiger partial charge in [-0.3, -0.25) is 0 Å². The average Bonchev–Trinajstić information content (AvgIpc) is 2.78. The van der Waals surface area contributed by atoms with Crippen molar-refractivity contribution in [1.29, 1.82) is 0 Å². The van der Waals surface area contributed by atoms with Crippen molar-refractivity contribution in [1.82, 2.24) is 0 Å². The van der Waals surface area contributed by atoms with Crippen LogP contribution < -0.4 is 0 Å². The predicted octanol–water partition coefficient (Wildman–Crippen LogP) is 2.34. The molecule has 1 aromatic carbocycles. The van der Waals surface area contributed by atoms with Gasteiger partial charge in [0.2, 0.25) is 0 Å². The van der Waals surface area contributed by atoms with Crippen molar-refractivity contribution >= 4 is 11.6 Å². The molecule has 1 aromatic rings. The molecule has 0 aliphatic heterocycles. The van der Waals surface area contributed by atoms with Crippen LogP contribution in [0.5, 0.6) is 5.75 Å². The first-order valence-corrected chi connectivity index (χ1v) is 4.63. The normalized spacial score (nSPS) is 18.7. The Morgan fingerprint density at radius 2 is 2.00 bits per heavy atom. The van der Waals surface area contributed by atoms with Crippen molar-refractivity contribution in [3.8, 4) is 5.75 Å². The van der Waals surface area contributed by atoms with Crippen molar-refractivity contribution in [2.24, 2.45) is 0 Å². The van der Waals surface area contributed by atoms with Crippen molar-refractivity contribution in [2.75, 3.05) is 0 Å². The minimum atomic E-state index is -0.820. The van der Waals surface area contributed by atoms with E-state index in [1.165, 1.54) is 6.07 Å². The molecule has 1 aliphatic rings. The van der Waals surface area contributed by atoms with Crippen molar-refractivity contribution in [3.05, 3.63) is 28.3 Å². The standard InChI is InChI=1S/C10H11ClO2/c1-6-7(11)2-3-8(12)9(6)10(13)4-5-10/h2-3,12-13H,4-5H2,1H3. The molecule has 0 radical (unpaired) electrons. The van der Waals surface area contributed by atoms with Gasteiger partial charge in [0, 0.05) is 10.6 Å². The van der Waals surface area contributed by atoms with Gasteiger partial charge in [-0.25, -0.2) is 0 Å². The third kappa shape index (κ3) is 1.30. The first-order chi connectivity index (χ1) is 6.04. The second-order valence-electron chi connectivity index (χ2n) is 3.60. The van der Waals surface area contributed by atoms with Crippen LogP contribution in [-0.4, -0.2) is 10.2 Å². The van der Waals surface area contributed by atoms with Gasteiger partial charge in [0.15, 0.2) is 0 Å². The maximum atomic E-state index is 9.87.